The van der Waals surface area contributed by atoms with Gasteiger partial charge in [0.1, 0.15) is 11.2 Å². The molecule has 0 aliphatic heterocycles. The van der Waals surface area contributed by atoms with Crippen molar-refractivity contribution in [3.8, 4) is 0 Å². The first-order valence-corrected chi connectivity index (χ1v) is 7.06. The fourth-order valence-corrected chi connectivity index (χ4v) is 3.34. The van der Waals surface area contributed by atoms with E-state index in [-0.39, 0.29) is 0 Å². The molecule has 0 saturated carbocycles. The molecule has 0 unspecified atom stereocenters. The molecule has 3 aromatic carbocycles. The molecule has 5 aromatic rings. The fourth-order valence-electron chi connectivity index (χ4n) is 3.34. The summed E-state index contributed by atoms with van der Waals surface area (Å²) in [6.07, 6.45) is -2.76. The highest BCUT2D eigenvalue weighted by molar-refractivity contribution is 6.31. The van der Waals surface area contributed by atoms with Crippen LogP contribution in [0.15, 0.2) is 53.1 Å². The van der Waals surface area contributed by atoms with E-state index < -0.39 is 11.7 Å². The van der Waals surface area contributed by atoms with Crippen molar-refractivity contribution in [3.05, 3.63) is 54.2 Å². The van der Waals surface area contributed by atoms with Crippen molar-refractivity contribution in [1.82, 2.24) is 4.98 Å². The predicted molar refractivity (Wildman–Crippen MR) is 82.7 cm³/mol. The van der Waals surface area contributed by atoms with Crippen LogP contribution in [0.4, 0.5) is 13.2 Å². The van der Waals surface area contributed by atoms with Crippen molar-refractivity contribution in [3.63, 3.8) is 0 Å². The van der Waals surface area contributed by atoms with Gasteiger partial charge < -0.3 is 4.42 Å². The van der Waals surface area contributed by atoms with Gasteiger partial charge in [-0.05, 0) is 35.0 Å². The highest BCUT2D eigenvalue weighted by Crippen LogP contribution is 2.42. The first-order valence-electron chi connectivity index (χ1n) is 7.06. The van der Waals surface area contributed by atoms with Gasteiger partial charge in [0.15, 0.2) is 0 Å². The Morgan fingerprint density at radius 3 is 2.48 bits per heavy atom. The summed E-state index contributed by atoms with van der Waals surface area (Å²) >= 11 is 0. The molecule has 0 atom stereocenters. The molecule has 0 N–H and O–H groups in total. The molecule has 0 bridgehead atoms. The smallest absolute Gasteiger partial charge is 0.416 e. The van der Waals surface area contributed by atoms with Gasteiger partial charge in [-0.15, -0.1) is 0 Å². The third-order valence-electron chi connectivity index (χ3n) is 4.30. The van der Waals surface area contributed by atoms with Gasteiger partial charge >= 0.3 is 6.18 Å². The second-order valence-corrected chi connectivity index (χ2v) is 5.57. The van der Waals surface area contributed by atoms with Crippen molar-refractivity contribution in [2.45, 2.75) is 6.18 Å². The minimum absolute atomic E-state index is 0.541. The van der Waals surface area contributed by atoms with Crippen LogP contribution >= 0.6 is 0 Å². The van der Waals surface area contributed by atoms with Crippen LogP contribution < -0.4 is 0 Å². The third kappa shape index (κ3) is 1.56. The van der Waals surface area contributed by atoms with Gasteiger partial charge in [0.25, 0.3) is 0 Å². The standard InChI is InChI=1S/C18H8F3NO/c19-18(20,21)9-4-5-11-12(8-9)10-2-1-3-13-15(10)16-14(23-13)6-7-22-17(11)16/h1-8H. The Hall–Kier alpha value is -2.82. The average molecular weight is 311 g/mol. The zero-order chi connectivity index (χ0) is 15.8. The molecular weight excluding hydrogens is 303 g/mol. The number of furan rings is 1. The molecule has 2 aromatic heterocycles. The molecule has 112 valence electrons. The number of halogens is 3. The Bertz CT molecular complexity index is 1200. The van der Waals surface area contributed by atoms with Crippen LogP contribution in [0.1, 0.15) is 5.56 Å². The van der Waals surface area contributed by atoms with E-state index in [4.69, 9.17) is 4.42 Å². The minimum Gasteiger partial charge on any atom is -0.456 e. The first-order chi connectivity index (χ1) is 11.0. The molecule has 0 radical (unpaired) electrons. The average Bonchev–Trinajstić information content (AvgIpc) is 2.92. The largest absolute Gasteiger partial charge is 0.456 e. The lowest BCUT2D eigenvalue weighted by molar-refractivity contribution is -0.137. The normalized spacial score (nSPS) is 13.0. The zero-order valence-electron chi connectivity index (χ0n) is 11.6. The number of nitrogens with zero attached hydrogens (tertiary/aromatic N) is 1. The molecule has 0 aliphatic carbocycles. The summed E-state index contributed by atoms with van der Waals surface area (Å²) in [5, 5.41) is 3.69. The van der Waals surface area contributed by atoms with E-state index in [0.29, 0.717) is 27.5 Å². The number of benzene rings is 3. The molecule has 2 heterocycles. The fraction of sp³-hybridized carbons (Fsp3) is 0.0556. The summed E-state index contributed by atoms with van der Waals surface area (Å²) in [6, 6.07) is 11.0. The van der Waals surface area contributed by atoms with Gasteiger partial charge in [-0.3, -0.25) is 4.98 Å². The summed E-state index contributed by atoms with van der Waals surface area (Å²) in [4.78, 5) is 4.38. The number of alkyl halides is 3. The molecule has 0 amide bonds. The van der Waals surface area contributed by atoms with Gasteiger partial charge in [0.05, 0.1) is 16.5 Å². The second kappa shape index (κ2) is 3.93. The van der Waals surface area contributed by atoms with E-state index in [0.717, 1.165) is 22.2 Å². The van der Waals surface area contributed by atoms with Crippen LogP contribution in [-0.4, -0.2) is 4.98 Å². The van der Waals surface area contributed by atoms with Gasteiger partial charge in [0, 0.05) is 17.0 Å². The molecule has 0 spiro atoms. The van der Waals surface area contributed by atoms with E-state index >= 15 is 0 Å². The van der Waals surface area contributed by atoms with Crippen molar-refractivity contribution in [2.24, 2.45) is 0 Å². The maximum Gasteiger partial charge on any atom is 0.416 e. The third-order valence-corrected chi connectivity index (χ3v) is 4.30. The van der Waals surface area contributed by atoms with E-state index in [9.17, 15) is 13.2 Å². The zero-order valence-corrected chi connectivity index (χ0v) is 11.6. The topological polar surface area (TPSA) is 26.0 Å². The Morgan fingerprint density at radius 1 is 0.826 bits per heavy atom. The second-order valence-electron chi connectivity index (χ2n) is 5.57. The molecule has 0 aliphatic rings. The summed E-state index contributed by atoms with van der Waals surface area (Å²) in [7, 11) is 0. The molecular formula is C18H8F3NO. The van der Waals surface area contributed by atoms with Crippen molar-refractivity contribution >= 4 is 43.6 Å². The molecule has 5 heteroatoms. The Kier molecular flexibility index (Phi) is 2.17. The van der Waals surface area contributed by atoms with Gasteiger partial charge in [-0.1, -0.05) is 18.2 Å². The van der Waals surface area contributed by atoms with Crippen LogP contribution in [0.3, 0.4) is 0 Å². The van der Waals surface area contributed by atoms with Gasteiger partial charge in [-0.2, -0.15) is 13.2 Å². The molecule has 2 nitrogen and oxygen atoms in total. The lowest BCUT2D eigenvalue weighted by Crippen LogP contribution is -2.04. The quantitative estimate of drug-likeness (QED) is 0.341. The van der Waals surface area contributed by atoms with Crippen molar-refractivity contribution in [1.29, 1.82) is 0 Å². The predicted octanol–water partition coefficient (Wildman–Crippen LogP) is 5.74. The van der Waals surface area contributed by atoms with E-state index in [1.165, 1.54) is 12.1 Å². The Balaban J connectivity index is 2.11. The Labute approximate surface area is 127 Å². The summed E-state index contributed by atoms with van der Waals surface area (Å²) in [5.74, 6) is 0. The van der Waals surface area contributed by atoms with Gasteiger partial charge in [-0.25, -0.2) is 0 Å². The highest BCUT2D eigenvalue weighted by Gasteiger charge is 2.31. The molecule has 0 saturated heterocycles. The van der Waals surface area contributed by atoms with Crippen LogP contribution in [0, 0.1) is 0 Å². The summed E-state index contributed by atoms with van der Waals surface area (Å²) in [6.45, 7) is 0. The lowest BCUT2D eigenvalue weighted by atomic mass is 9.96. The van der Waals surface area contributed by atoms with Crippen molar-refractivity contribution in [2.75, 3.05) is 0 Å². The number of aromatic nitrogens is 1. The maximum absolute atomic E-state index is 13.1. The van der Waals surface area contributed by atoms with E-state index in [1.54, 1.807) is 18.3 Å². The monoisotopic (exact) mass is 311 g/mol. The highest BCUT2D eigenvalue weighted by atomic mass is 19.4. The van der Waals surface area contributed by atoms with Gasteiger partial charge in [0.2, 0.25) is 0 Å². The van der Waals surface area contributed by atoms with E-state index in [1.807, 2.05) is 12.1 Å². The van der Waals surface area contributed by atoms with Crippen LogP contribution in [0.2, 0.25) is 0 Å². The summed E-state index contributed by atoms with van der Waals surface area (Å²) in [5.41, 5.74) is 1.37. The lowest BCUT2D eigenvalue weighted by Gasteiger charge is -2.11. The molecule has 23 heavy (non-hydrogen) atoms. The van der Waals surface area contributed by atoms with Crippen molar-refractivity contribution < 1.29 is 17.6 Å². The maximum atomic E-state index is 13.1. The first kappa shape index (κ1) is 12.7. The van der Waals surface area contributed by atoms with Crippen LogP contribution in [-0.2, 0) is 6.18 Å². The van der Waals surface area contributed by atoms with Crippen LogP contribution in [0.5, 0.6) is 0 Å². The number of pyridine rings is 1. The number of fused-ring (bicyclic) bond motifs is 3. The number of hydrogen-bond donors (Lipinski definition) is 0. The summed E-state index contributed by atoms with van der Waals surface area (Å²) < 4.78 is 45.1. The SMILES string of the molecule is FC(F)(F)c1ccc2c(c1)c1cccc3oc4ccnc2c4c31. The minimum atomic E-state index is -4.38. The number of hydrogen-bond acceptors (Lipinski definition) is 2. The number of rotatable bonds is 0. The molecule has 5 rings (SSSR count). The van der Waals surface area contributed by atoms with Crippen LogP contribution in [0.25, 0.3) is 43.6 Å². The molecule has 0 fully saturated rings. The van der Waals surface area contributed by atoms with E-state index in [2.05, 4.69) is 4.98 Å². The Morgan fingerprint density at radius 2 is 1.65 bits per heavy atom.